The Kier molecular flexibility index (Phi) is 4.93. The highest BCUT2D eigenvalue weighted by atomic mass is 16.2. The number of hydrogen-bond donors (Lipinski definition) is 2. The van der Waals surface area contributed by atoms with Crippen LogP contribution < -0.4 is 10.6 Å². The van der Waals surface area contributed by atoms with Gasteiger partial charge in [0.1, 0.15) is 5.82 Å². The molecule has 0 spiro atoms. The molecule has 0 unspecified atom stereocenters. The monoisotopic (exact) mass is 353 g/mol. The number of nitrogens with zero attached hydrogens (tertiary/aromatic N) is 3. The van der Waals surface area contributed by atoms with Crippen molar-refractivity contribution in [2.45, 2.75) is 32.4 Å². The minimum absolute atomic E-state index is 0.166. The van der Waals surface area contributed by atoms with E-state index in [1.807, 2.05) is 17.9 Å². The van der Waals surface area contributed by atoms with Gasteiger partial charge in [-0.05, 0) is 18.9 Å². The topological polar surface area (TPSA) is 62.2 Å². The zero-order valence-corrected chi connectivity index (χ0v) is 15.3. The molecule has 2 aromatic rings. The van der Waals surface area contributed by atoms with Gasteiger partial charge in [-0.25, -0.2) is 4.68 Å². The van der Waals surface area contributed by atoms with E-state index in [1.54, 1.807) is 0 Å². The Morgan fingerprint density at radius 2 is 2.19 bits per heavy atom. The molecule has 2 N–H and O–H groups in total. The summed E-state index contributed by atoms with van der Waals surface area (Å²) in [5, 5.41) is 11.7. The fraction of sp³-hybridized carbons (Fsp3) is 0.500. The zero-order chi connectivity index (χ0) is 17.9. The summed E-state index contributed by atoms with van der Waals surface area (Å²) in [5.41, 5.74) is 2.29. The lowest BCUT2D eigenvalue weighted by molar-refractivity contribution is -0.128. The van der Waals surface area contributed by atoms with E-state index >= 15 is 0 Å². The maximum atomic E-state index is 12.1. The highest BCUT2D eigenvalue weighted by Gasteiger charge is 2.25. The van der Waals surface area contributed by atoms with Crippen LogP contribution >= 0.6 is 0 Å². The molecule has 0 saturated carbocycles. The number of carbonyl (C=O) groups is 1. The van der Waals surface area contributed by atoms with Gasteiger partial charge in [0.2, 0.25) is 5.91 Å². The summed E-state index contributed by atoms with van der Waals surface area (Å²) in [6, 6.07) is 12.7. The minimum atomic E-state index is 0.166. The van der Waals surface area contributed by atoms with Gasteiger partial charge in [-0.1, -0.05) is 30.3 Å². The molecule has 1 fully saturated rings. The van der Waals surface area contributed by atoms with Gasteiger partial charge in [-0.15, -0.1) is 0 Å². The minimum Gasteiger partial charge on any atom is -0.370 e. The highest BCUT2D eigenvalue weighted by Crippen LogP contribution is 2.21. The predicted octanol–water partition coefficient (Wildman–Crippen LogP) is 2.19. The van der Waals surface area contributed by atoms with Crippen LogP contribution in [0.4, 0.5) is 5.82 Å². The predicted molar refractivity (Wildman–Crippen MR) is 102 cm³/mol. The van der Waals surface area contributed by atoms with Crippen molar-refractivity contribution in [1.82, 2.24) is 20.0 Å². The first kappa shape index (κ1) is 17.1. The quantitative estimate of drug-likeness (QED) is 0.836. The Balaban J connectivity index is 1.41. The number of aryl methyl sites for hydroxylation is 1. The van der Waals surface area contributed by atoms with Crippen LogP contribution in [0.5, 0.6) is 0 Å². The summed E-state index contributed by atoms with van der Waals surface area (Å²) >= 11 is 0. The van der Waals surface area contributed by atoms with Gasteiger partial charge in [0.05, 0.1) is 5.69 Å². The number of nitrogens with one attached hydrogen (secondary N) is 2. The molecule has 2 aliphatic rings. The largest absolute Gasteiger partial charge is 0.370 e. The summed E-state index contributed by atoms with van der Waals surface area (Å²) in [6.45, 7) is 6.42. The van der Waals surface area contributed by atoms with Crippen LogP contribution in [0.2, 0.25) is 0 Å². The second-order valence-electron chi connectivity index (χ2n) is 7.41. The number of anilines is 1. The number of rotatable bonds is 6. The molecular weight excluding hydrogens is 326 g/mol. The van der Waals surface area contributed by atoms with Crippen LogP contribution in [0.15, 0.2) is 36.4 Å². The lowest BCUT2D eigenvalue weighted by Gasteiger charge is -2.29. The van der Waals surface area contributed by atoms with E-state index < -0.39 is 0 Å². The number of amides is 1. The van der Waals surface area contributed by atoms with Gasteiger partial charge < -0.3 is 15.5 Å². The van der Waals surface area contributed by atoms with Crippen LogP contribution in [-0.2, 0) is 11.3 Å². The molecular formula is C20H27N5O. The van der Waals surface area contributed by atoms with Gasteiger partial charge in [0, 0.05) is 57.2 Å². The first-order valence-electron chi connectivity index (χ1n) is 9.53. The number of benzene rings is 1. The highest BCUT2D eigenvalue weighted by molar-refractivity contribution is 5.78. The van der Waals surface area contributed by atoms with E-state index in [9.17, 15) is 4.79 Å². The number of hydrogen-bond acceptors (Lipinski definition) is 4. The second kappa shape index (κ2) is 7.50. The van der Waals surface area contributed by atoms with E-state index in [0.29, 0.717) is 12.3 Å². The van der Waals surface area contributed by atoms with E-state index in [2.05, 4.69) is 50.7 Å². The first-order valence-corrected chi connectivity index (χ1v) is 9.53. The molecule has 4 rings (SSSR count). The van der Waals surface area contributed by atoms with Crippen molar-refractivity contribution in [3.63, 3.8) is 0 Å². The molecule has 1 aromatic carbocycles. The molecule has 2 atom stereocenters. The maximum Gasteiger partial charge on any atom is 0.222 e. The molecule has 26 heavy (non-hydrogen) atoms. The molecule has 0 aliphatic carbocycles. The van der Waals surface area contributed by atoms with Crippen LogP contribution in [0.25, 0.3) is 0 Å². The van der Waals surface area contributed by atoms with Gasteiger partial charge in [0.15, 0.2) is 0 Å². The standard InChI is InChI=1S/C20H27N5O/c1-15-10-19-22-12-16(13-25(19)23-15)11-21-18(17-6-3-2-4-7-17)14-24-9-5-8-20(24)26/h2-4,6-7,10,16,18,21-22H,5,8-9,11-14H2,1H3/t16-,18+/m0/s1. The number of carbonyl (C=O) groups excluding carboxylic acids is 1. The van der Waals surface area contributed by atoms with Gasteiger partial charge >= 0.3 is 0 Å². The Labute approximate surface area is 154 Å². The van der Waals surface area contributed by atoms with Crippen molar-refractivity contribution in [2.24, 2.45) is 5.92 Å². The van der Waals surface area contributed by atoms with Crippen molar-refractivity contribution in [3.05, 3.63) is 47.7 Å². The van der Waals surface area contributed by atoms with Gasteiger partial charge in [-0.3, -0.25) is 4.79 Å². The van der Waals surface area contributed by atoms with Crippen LogP contribution in [0.1, 0.15) is 30.1 Å². The Hall–Kier alpha value is -2.34. The van der Waals surface area contributed by atoms with Crippen molar-refractivity contribution >= 4 is 11.7 Å². The van der Waals surface area contributed by atoms with E-state index in [-0.39, 0.29) is 11.9 Å². The average Bonchev–Trinajstić information content (AvgIpc) is 3.23. The molecule has 138 valence electrons. The lowest BCUT2D eigenvalue weighted by atomic mass is 10.0. The number of fused-ring (bicyclic) bond motifs is 1. The SMILES string of the molecule is Cc1cc2n(n1)C[C@@H](CN[C@H](CN1CCCC1=O)c1ccccc1)CN2. The molecule has 6 heteroatoms. The van der Waals surface area contributed by atoms with Crippen molar-refractivity contribution < 1.29 is 4.79 Å². The lowest BCUT2D eigenvalue weighted by Crippen LogP contribution is -2.41. The summed E-state index contributed by atoms with van der Waals surface area (Å²) in [5.74, 6) is 1.87. The molecule has 1 aromatic heterocycles. The van der Waals surface area contributed by atoms with Crippen molar-refractivity contribution in [2.75, 3.05) is 31.5 Å². The zero-order valence-electron chi connectivity index (χ0n) is 15.3. The molecule has 0 bridgehead atoms. The molecule has 3 heterocycles. The fourth-order valence-corrected chi connectivity index (χ4v) is 3.92. The number of likely N-dealkylation sites (tertiary alicyclic amines) is 1. The van der Waals surface area contributed by atoms with Crippen LogP contribution in [-0.4, -0.2) is 46.8 Å². The summed E-state index contributed by atoms with van der Waals surface area (Å²) < 4.78 is 2.06. The molecule has 0 radical (unpaired) electrons. The van der Waals surface area contributed by atoms with E-state index in [1.165, 1.54) is 5.56 Å². The van der Waals surface area contributed by atoms with E-state index in [4.69, 9.17) is 0 Å². The molecule has 1 saturated heterocycles. The van der Waals surface area contributed by atoms with Crippen molar-refractivity contribution in [1.29, 1.82) is 0 Å². The third-order valence-corrected chi connectivity index (χ3v) is 5.33. The second-order valence-corrected chi connectivity index (χ2v) is 7.41. The van der Waals surface area contributed by atoms with Crippen LogP contribution in [0, 0.1) is 12.8 Å². The average molecular weight is 353 g/mol. The van der Waals surface area contributed by atoms with Gasteiger partial charge in [0.25, 0.3) is 0 Å². The fourth-order valence-electron chi connectivity index (χ4n) is 3.92. The third-order valence-electron chi connectivity index (χ3n) is 5.33. The first-order chi connectivity index (χ1) is 12.7. The number of aromatic nitrogens is 2. The smallest absolute Gasteiger partial charge is 0.222 e. The van der Waals surface area contributed by atoms with Gasteiger partial charge in [-0.2, -0.15) is 5.10 Å². The summed E-state index contributed by atoms with van der Waals surface area (Å²) in [6.07, 6.45) is 1.67. The maximum absolute atomic E-state index is 12.1. The Morgan fingerprint density at radius 3 is 2.96 bits per heavy atom. The van der Waals surface area contributed by atoms with Crippen LogP contribution in [0.3, 0.4) is 0 Å². The van der Waals surface area contributed by atoms with E-state index in [0.717, 1.165) is 50.7 Å². The molecule has 2 aliphatic heterocycles. The Bertz CT molecular complexity index is 757. The normalized spacial score (nSPS) is 20.7. The van der Waals surface area contributed by atoms with Crippen molar-refractivity contribution in [3.8, 4) is 0 Å². The summed E-state index contributed by atoms with van der Waals surface area (Å²) in [7, 11) is 0. The molecule has 1 amide bonds. The summed E-state index contributed by atoms with van der Waals surface area (Å²) in [4.78, 5) is 14.1. The third kappa shape index (κ3) is 3.75. The molecule has 6 nitrogen and oxygen atoms in total. The Morgan fingerprint density at radius 1 is 1.35 bits per heavy atom.